The number of ether oxygens (including phenoxy) is 3. The molecule has 2 bridgehead atoms. The first kappa shape index (κ1) is 37.6. The van der Waals surface area contributed by atoms with Crippen LogP contribution in [0, 0.1) is 23.7 Å². The maximum Gasteiger partial charge on any atom is 0.264 e. The summed E-state index contributed by atoms with van der Waals surface area (Å²) in [5.74, 6) is 0.214. The molecule has 0 unspecified atom stereocenters. The smallest absolute Gasteiger partial charge is 0.264 e. The first-order valence-electron chi connectivity index (χ1n) is 19.1. The molecule has 1 amide bonds. The number of allylic oxidation sites excluding steroid dienone is 1. The zero-order chi connectivity index (χ0) is 36.5. The van der Waals surface area contributed by atoms with Gasteiger partial charge in [0.1, 0.15) is 18.0 Å². The van der Waals surface area contributed by atoms with Crippen LogP contribution < -0.4 is 14.4 Å². The second kappa shape index (κ2) is 16.0. The molecular weight excluding hydrogens is 700 g/mol. The van der Waals surface area contributed by atoms with Crippen molar-refractivity contribution in [2.75, 3.05) is 76.8 Å². The van der Waals surface area contributed by atoms with E-state index in [0.717, 1.165) is 107 Å². The number of piperazine rings is 1. The van der Waals surface area contributed by atoms with E-state index in [2.05, 4.69) is 38.5 Å². The van der Waals surface area contributed by atoms with Crippen molar-refractivity contribution >= 4 is 33.2 Å². The molecular formula is C40H55ClN4O6S. The standard InChI is InChI=1S/C40H55ClN4O6S/c1-28-13-14-40(49-3,27-43-16-17-44-18-19-50-25-35(44)23-43)36-11-8-32(36)22-45-15-5-4-6-30-20-34(41)10-7-33(30)24-51-38-12-9-31(21-37(38)45)39(46)42-52(47,48)26-29(28)2/h7,9-10,12-14,20-21,28-29,32,35-36H,4-6,8,11,15-19,22-27H2,1-3H3,(H,42,46)/b14-13+/t28-,29+,32-,35-,36+,40-/m0/s1. The molecule has 1 aliphatic carbocycles. The van der Waals surface area contributed by atoms with E-state index in [1.165, 1.54) is 5.56 Å². The topological polar surface area (TPSA) is 101 Å². The van der Waals surface area contributed by atoms with Crippen LogP contribution in [0.3, 0.4) is 0 Å². The Hall–Kier alpha value is -2.67. The summed E-state index contributed by atoms with van der Waals surface area (Å²) in [4.78, 5) is 21.0. The fourth-order valence-electron chi connectivity index (χ4n) is 8.92. The lowest BCUT2D eigenvalue weighted by Gasteiger charge is -2.53. The molecule has 1 saturated carbocycles. The van der Waals surface area contributed by atoms with E-state index in [-0.39, 0.29) is 23.5 Å². The van der Waals surface area contributed by atoms with Gasteiger partial charge in [-0.05, 0) is 97.2 Å². The van der Waals surface area contributed by atoms with Crippen molar-refractivity contribution in [3.8, 4) is 5.75 Å². The number of methoxy groups -OCH3 is 1. The normalized spacial score (nSPS) is 32.4. The Morgan fingerprint density at radius 1 is 1.02 bits per heavy atom. The number of rotatable bonds is 3. The van der Waals surface area contributed by atoms with Crippen LogP contribution in [0.5, 0.6) is 5.75 Å². The Kier molecular flexibility index (Phi) is 11.6. The molecule has 1 N–H and O–H groups in total. The Morgan fingerprint density at radius 2 is 1.88 bits per heavy atom. The Morgan fingerprint density at radius 3 is 2.69 bits per heavy atom. The number of morpholine rings is 1. The summed E-state index contributed by atoms with van der Waals surface area (Å²) < 4.78 is 48.3. The van der Waals surface area contributed by atoms with E-state index >= 15 is 0 Å². The van der Waals surface area contributed by atoms with Crippen molar-refractivity contribution in [2.24, 2.45) is 23.7 Å². The highest BCUT2D eigenvalue weighted by Crippen LogP contribution is 2.47. The summed E-state index contributed by atoms with van der Waals surface area (Å²) in [7, 11) is -2.07. The molecule has 10 nitrogen and oxygen atoms in total. The maximum absolute atomic E-state index is 13.5. The molecule has 6 atom stereocenters. The Balaban J connectivity index is 1.25. The number of anilines is 1. The molecule has 284 valence electrons. The van der Waals surface area contributed by atoms with Crippen molar-refractivity contribution in [3.63, 3.8) is 0 Å². The lowest BCUT2D eigenvalue weighted by molar-refractivity contribution is -0.108. The second-order valence-electron chi connectivity index (χ2n) is 15.8. The monoisotopic (exact) mass is 754 g/mol. The lowest BCUT2D eigenvalue weighted by atomic mass is 9.63. The number of sulfonamides is 1. The SMILES string of the molecule is CO[C@]1(CN2CCN3CCOC[C@@H]3C2)/C=C/[C@H](C)[C@H](C)CS(=O)(=O)NC(=O)c2ccc3c(c2)N(CCCCc2cc(Cl)ccc2CO3)C[C@@H]2CC[C@H]21. The quantitative estimate of drug-likeness (QED) is 0.414. The Labute approximate surface area is 314 Å². The van der Waals surface area contributed by atoms with E-state index in [4.69, 9.17) is 25.8 Å². The molecule has 0 aromatic heterocycles. The van der Waals surface area contributed by atoms with Gasteiger partial charge >= 0.3 is 0 Å². The molecule has 7 rings (SSSR count). The highest BCUT2D eigenvalue weighted by Gasteiger charge is 2.49. The van der Waals surface area contributed by atoms with Gasteiger partial charge in [-0.15, -0.1) is 0 Å². The minimum Gasteiger partial charge on any atom is -0.487 e. The molecule has 12 heteroatoms. The van der Waals surface area contributed by atoms with Gasteiger partial charge in [0.2, 0.25) is 10.0 Å². The Bertz CT molecular complexity index is 1740. The van der Waals surface area contributed by atoms with Crippen molar-refractivity contribution in [1.29, 1.82) is 0 Å². The number of halogens is 1. The molecule has 0 radical (unpaired) electrons. The molecule has 4 heterocycles. The number of carbonyl (C=O) groups is 1. The fourth-order valence-corrected chi connectivity index (χ4v) is 10.6. The zero-order valence-electron chi connectivity index (χ0n) is 30.9. The number of hydrogen-bond donors (Lipinski definition) is 1. The number of aryl methyl sites for hydroxylation is 1. The molecule has 0 spiro atoms. The number of hydrogen-bond acceptors (Lipinski definition) is 9. The number of fused-ring (bicyclic) bond motifs is 4. The first-order chi connectivity index (χ1) is 25.0. The van der Waals surface area contributed by atoms with E-state index in [0.29, 0.717) is 29.9 Å². The van der Waals surface area contributed by atoms with Gasteiger partial charge in [-0.2, -0.15) is 0 Å². The van der Waals surface area contributed by atoms with Gasteiger partial charge in [0, 0.05) is 69.6 Å². The van der Waals surface area contributed by atoms with Crippen molar-refractivity contribution in [1.82, 2.24) is 14.5 Å². The molecule has 3 fully saturated rings. The van der Waals surface area contributed by atoms with Crippen molar-refractivity contribution in [3.05, 3.63) is 70.3 Å². The fraction of sp³-hybridized carbons (Fsp3) is 0.625. The van der Waals surface area contributed by atoms with Crippen LogP contribution in [-0.2, 0) is 32.5 Å². The van der Waals surface area contributed by atoms with Gasteiger partial charge in [0.05, 0.1) is 24.7 Å². The van der Waals surface area contributed by atoms with Crippen LogP contribution in [0.2, 0.25) is 5.02 Å². The number of amides is 1. The van der Waals surface area contributed by atoms with Gasteiger partial charge in [0.25, 0.3) is 5.91 Å². The highest BCUT2D eigenvalue weighted by molar-refractivity contribution is 7.90. The summed E-state index contributed by atoms with van der Waals surface area (Å²) in [6, 6.07) is 11.7. The molecule has 5 aliphatic rings. The number of nitrogens with one attached hydrogen (secondary N) is 1. The molecule has 2 aromatic rings. The lowest BCUT2D eigenvalue weighted by Crippen LogP contribution is -2.62. The molecule has 2 aromatic carbocycles. The van der Waals surface area contributed by atoms with Gasteiger partial charge in [-0.25, -0.2) is 13.1 Å². The number of nitrogens with zero attached hydrogens (tertiary/aromatic N) is 3. The van der Waals surface area contributed by atoms with Gasteiger partial charge in [0.15, 0.2) is 0 Å². The third-order valence-electron chi connectivity index (χ3n) is 12.4. The third-order valence-corrected chi connectivity index (χ3v) is 14.1. The minimum atomic E-state index is -3.91. The molecule has 2 saturated heterocycles. The first-order valence-corrected chi connectivity index (χ1v) is 21.2. The van der Waals surface area contributed by atoms with Crippen LogP contribution >= 0.6 is 11.6 Å². The van der Waals surface area contributed by atoms with Crippen LogP contribution in [0.25, 0.3) is 0 Å². The van der Waals surface area contributed by atoms with Crippen LogP contribution in [0.4, 0.5) is 5.69 Å². The average molecular weight is 755 g/mol. The van der Waals surface area contributed by atoms with Crippen LogP contribution in [-0.4, -0.2) is 108 Å². The highest BCUT2D eigenvalue weighted by atomic mass is 35.5. The summed E-state index contributed by atoms with van der Waals surface area (Å²) >= 11 is 6.40. The molecule has 4 aliphatic heterocycles. The zero-order valence-corrected chi connectivity index (χ0v) is 32.5. The number of carbonyl (C=O) groups excluding carboxylic acids is 1. The van der Waals surface area contributed by atoms with Gasteiger partial charge < -0.3 is 19.1 Å². The predicted molar refractivity (Wildman–Crippen MR) is 205 cm³/mol. The van der Waals surface area contributed by atoms with Crippen LogP contribution in [0.15, 0.2) is 48.6 Å². The minimum absolute atomic E-state index is 0.0516. The molecule has 52 heavy (non-hydrogen) atoms. The summed E-state index contributed by atoms with van der Waals surface area (Å²) in [6.45, 7) is 12.2. The van der Waals surface area contributed by atoms with Gasteiger partial charge in [-0.3, -0.25) is 14.6 Å². The van der Waals surface area contributed by atoms with E-state index in [9.17, 15) is 13.2 Å². The van der Waals surface area contributed by atoms with Crippen molar-refractivity contribution in [2.45, 2.75) is 64.2 Å². The summed E-state index contributed by atoms with van der Waals surface area (Å²) in [5, 5.41) is 0.717. The van der Waals surface area contributed by atoms with E-state index < -0.39 is 21.5 Å². The summed E-state index contributed by atoms with van der Waals surface area (Å²) in [6.07, 6.45) is 9.36. The second-order valence-corrected chi connectivity index (χ2v) is 18.0. The predicted octanol–water partition coefficient (Wildman–Crippen LogP) is 5.39. The number of benzene rings is 2. The average Bonchev–Trinajstić information content (AvgIpc) is 3.14. The van der Waals surface area contributed by atoms with Crippen LogP contribution in [0.1, 0.15) is 61.0 Å². The van der Waals surface area contributed by atoms with E-state index in [1.54, 1.807) is 6.07 Å². The third kappa shape index (κ3) is 8.35. The maximum atomic E-state index is 13.5. The largest absolute Gasteiger partial charge is 0.487 e. The van der Waals surface area contributed by atoms with E-state index in [1.807, 2.05) is 44.4 Å². The van der Waals surface area contributed by atoms with Gasteiger partial charge in [-0.1, -0.05) is 43.7 Å². The summed E-state index contributed by atoms with van der Waals surface area (Å²) in [5.41, 5.74) is 2.84. The van der Waals surface area contributed by atoms with Crippen molar-refractivity contribution < 1.29 is 27.4 Å².